The summed E-state index contributed by atoms with van der Waals surface area (Å²) in [6.07, 6.45) is 0. The van der Waals surface area contributed by atoms with Crippen molar-refractivity contribution in [3.05, 3.63) is 0 Å². The van der Waals surface area contributed by atoms with Crippen molar-refractivity contribution in [2.24, 2.45) is 5.41 Å². The van der Waals surface area contributed by atoms with Gasteiger partial charge in [0, 0.05) is 31.7 Å². The maximum absolute atomic E-state index is 8.18. The highest BCUT2D eigenvalue weighted by atomic mass is 16.5. The van der Waals surface area contributed by atoms with Crippen molar-refractivity contribution in [1.29, 1.82) is 5.41 Å². The van der Waals surface area contributed by atoms with Gasteiger partial charge in [0.25, 0.3) is 0 Å². The van der Waals surface area contributed by atoms with Gasteiger partial charge in [-0.3, -0.25) is 5.41 Å². The highest BCUT2D eigenvalue weighted by Crippen LogP contribution is 2.17. The third-order valence-corrected chi connectivity index (χ3v) is 2.45. The van der Waals surface area contributed by atoms with Gasteiger partial charge in [-0.05, 0) is 13.8 Å². The average molecular weight is 244 g/mol. The van der Waals surface area contributed by atoms with E-state index in [1.165, 1.54) is 0 Å². The maximum atomic E-state index is 8.18. The van der Waals surface area contributed by atoms with Gasteiger partial charge in [-0.25, -0.2) is 0 Å². The molecule has 0 aliphatic carbocycles. The third-order valence-electron chi connectivity index (χ3n) is 2.45. The van der Waals surface area contributed by atoms with Crippen LogP contribution in [0.1, 0.15) is 34.6 Å². The fourth-order valence-corrected chi connectivity index (χ4v) is 1.45. The standard InChI is InChI=1S/C13H28N2O2/c1-6-16-10-8-15(9-11-17-7-2)12(14)13(3,4)5/h14H,6-11H2,1-5H3. The fourth-order valence-electron chi connectivity index (χ4n) is 1.45. The molecule has 0 heterocycles. The van der Waals surface area contributed by atoms with Gasteiger partial charge in [0.05, 0.1) is 13.2 Å². The summed E-state index contributed by atoms with van der Waals surface area (Å²) >= 11 is 0. The van der Waals surface area contributed by atoms with E-state index in [0.29, 0.717) is 19.0 Å². The minimum Gasteiger partial charge on any atom is -0.380 e. The van der Waals surface area contributed by atoms with Gasteiger partial charge < -0.3 is 14.4 Å². The fraction of sp³-hybridized carbons (Fsp3) is 0.923. The van der Waals surface area contributed by atoms with Crippen molar-refractivity contribution in [3.8, 4) is 0 Å². The van der Waals surface area contributed by atoms with Crippen LogP contribution in [0.4, 0.5) is 0 Å². The minimum absolute atomic E-state index is 0.127. The normalized spacial score (nSPS) is 11.6. The van der Waals surface area contributed by atoms with Crippen LogP contribution in [-0.4, -0.2) is 50.3 Å². The predicted molar refractivity (Wildman–Crippen MR) is 71.7 cm³/mol. The van der Waals surface area contributed by atoms with Crippen molar-refractivity contribution in [2.75, 3.05) is 39.5 Å². The quantitative estimate of drug-likeness (QED) is 0.405. The first-order valence-corrected chi connectivity index (χ1v) is 6.42. The third kappa shape index (κ3) is 7.34. The average Bonchev–Trinajstić information content (AvgIpc) is 2.25. The molecular formula is C13H28N2O2. The summed E-state index contributed by atoms with van der Waals surface area (Å²) in [5.74, 6) is 0.650. The van der Waals surface area contributed by atoms with Gasteiger partial charge in [-0.2, -0.15) is 0 Å². The Balaban J connectivity index is 4.23. The summed E-state index contributed by atoms with van der Waals surface area (Å²) < 4.78 is 10.7. The molecule has 1 N–H and O–H groups in total. The Kier molecular flexibility index (Phi) is 8.17. The van der Waals surface area contributed by atoms with E-state index in [9.17, 15) is 0 Å². The highest BCUT2D eigenvalue weighted by Gasteiger charge is 2.22. The van der Waals surface area contributed by atoms with E-state index in [1.54, 1.807) is 0 Å². The zero-order chi connectivity index (χ0) is 13.3. The smallest absolute Gasteiger partial charge is 0.101 e. The van der Waals surface area contributed by atoms with E-state index in [1.807, 2.05) is 18.7 Å². The van der Waals surface area contributed by atoms with Crippen LogP contribution in [0.25, 0.3) is 0 Å². The van der Waals surface area contributed by atoms with Crippen LogP contribution in [0, 0.1) is 10.8 Å². The molecule has 0 atom stereocenters. The Labute approximate surface area is 106 Å². The van der Waals surface area contributed by atoms with Crippen molar-refractivity contribution in [2.45, 2.75) is 34.6 Å². The van der Waals surface area contributed by atoms with Gasteiger partial charge in [0.15, 0.2) is 0 Å². The summed E-state index contributed by atoms with van der Waals surface area (Å²) in [5.41, 5.74) is -0.127. The van der Waals surface area contributed by atoms with Crippen molar-refractivity contribution < 1.29 is 9.47 Å². The molecule has 4 nitrogen and oxygen atoms in total. The van der Waals surface area contributed by atoms with Gasteiger partial charge in [0.1, 0.15) is 5.84 Å². The first kappa shape index (κ1) is 16.4. The topological polar surface area (TPSA) is 45.6 Å². The molecule has 0 aromatic heterocycles. The molecule has 0 aliphatic rings. The van der Waals surface area contributed by atoms with E-state index in [0.717, 1.165) is 26.3 Å². The molecular weight excluding hydrogens is 216 g/mol. The van der Waals surface area contributed by atoms with Crippen LogP contribution >= 0.6 is 0 Å². The lowest BCUT2D eigenvalue weighted by Gasteiger charge is -2.32. The molecule has 0 aromatic rings. The number of nitrogens with zero attached hydrogens (tertiary/aromatic N) is 1. The number of rotatable bonds is 8. The first-order valence-electron chi connectivity index (χ1n) is 6.42. The van der Waals surface area contributed by atoms with Gasteiger partial charge in [-0.1, -0.05) is 20.8 Å². The van der Waals surface area contributed by atoms with E-state index < -0.39 is 0 Å². The minimum atomic E-state index is -0.127. The molecule has 102 valence electrons. The number of ether oxygens (including phenoxy) is 2. The SMILES string of the molecule is CCOCCN(CCOCC)C(=N)C(C)(C)C. The number of hydrogen-bond acceptors (Lipinski definition) is 3. The summed E-state index contributed by atoms with van der Waals surface area (Å²) in [4.78, 5) is 2.05. The molecule has 0 rings (SSSR count). The number of amidine groups is 1. The number of nitrogens with one attached hydrogen (secondary N) is 1. The Morgan fingerprint density at radius 1 is 1.00 bits per heavy atom. The summed E-state index contributed by atoms with van der Waals surface area (Å²) in [6, 6.07) is 0. The molecule has 0 bridgehead atoms. The Morgan fingerprint density at radius 3 is 1.71 bits per heavy atom. The van der Waals surface area contributed by atoms with E-state index in [-0.39, 0.29) is 5.41 Å². The lowest BCUT2D eigenvalue weighted by molar-refractivity contribution is 0.104. The molecule has 0 amide bonds. The van der Waals surface area contributed by atoms with Crippen LogP contribution in [-0.2, 0) is 9.47 Å². The Hall–Kier alpha value is -0.610. The van der Waals surface area contributed by atoms with Crippen LogP contribution in [0.2, 0.25) is 0 Å². The van der Waals surface area contributed by atoms with Gasteiger partial charge in [0.2, 0.25) is 0 Å². The molecule has 4 heteroatoms. The molecule has 17 heavy (non-hydrogen) atoms. The Morgan fingerprint density at radius 2 is 1.41 bits per heavy atom. The van der Waals surface area contributed by atoms with Crippen molar-refractivity contribution in [3.63, 3.8) is 0 Å². The maximum Gasteiger partial charge on any atom is 0.101 e. The summed E-state index contributed by atoms with van der Waals surface area (Å²) in [5, 5.41) is 8.18. The molecule has 0 fully saturated rings. The summed E-state index contributed by atoms with van der Waals surface area (Å²) in [6.45, 7) is 14.5. The highest BCUT2D eigenvalue weighted by molar-refractivity contribution is 5.84. The second-order valence-electron chi connectivity index (χ2n) is 4.98. The monoisotopic (exact) mass is 244 g/mol. The van der Waals surface area contributed by atoms with Crippen molar-refractivity contribution >= 4 is 5.84 Å². The van der Waals surface area contributed by atoms with Gasteiger partial charge in [-0.15, -0.1) is 0 Å². The first-order chi connectivity index (χ1) is 7.93. The van der Waals surface area contributed by atoms with Gasteiger partial charge >= 0.3 is 0 Å². The second kappa shape index (κ2) is 8.48. The molecule has 0 spiro atoms. The largest absolute Gasteiger partial charge is 0.380 e. The molecule has 0 aliphatic heterocycles. The lowest BCUT2D eigenvalue weighted by Crippen LogP contribution is -2.42. The van der Waals surface area contributed by atoms with Crippen molar-refractivity contribution in [1.82, 2.24) is 4.90 Å². The lowest BCUT2D eigenvalue weighted by atomic mass is 9.94. The van der Waals surface area contributed by atoms with E-state index in [2.05, 4.69) is 20.8 Å². The molecule has 0 saturated heterocycles. The zero-order valence-corrected chi connectivity index (χ0v) is 12.0. The zero-order valence-electron chi connectivity index (χ0n) is 12.0. The second-order valence-corrected chi connectivity index (χ2v) is 4.98. The summed E-state index contributed by atoms with van der Waals surface area (Å²) in [7, 11) is 0. The Bertz CT molecular complexity index is 202. The molecule has 0 saturated carbocycles. The van der Waals surface area contributed by atoms with Crippen LogP contribution in [0.5, 0.6) is 0 Å². The molecule has 0 aromatic carbocycles. The van der Waals surface area contributed by atoms with Crippen LogP contribution in [0.3, 0.4) is 0 Å². The van der Waals surface area contributed by atoms with E-state index >= 15 is 0 Å². The predicted octanol–water partition coefficient (Wildman–Crippen LogP) is 2.38. The molecule has 0 unspecified atom stereocenters. The van der Waals surface area contributed by atoms with E-state index in [4.69, 9.17) is 14.9 Å². The molecule has 0 radical (unpaired) electrons. The van der Waals surface area contributed by atoms with Crippen LogP contribution < -0.4 is 0 Å². The van der Waals surface area contributed by atoms with Crippen LogP contribution in [0.15, 0.2) is 0 Å². The number of hydrogen-bond donors (Lipinski definition) is 1.